The number of nitrogens with zero attached hydrogens (tertiary/aromatic N) is 1. The molecule has 0 aliphatic carbocycles. The van der Waals surface area contributed by atoms with E-state index < -0.39 is 17.6 Å². The minimum atomic E-state index is -1.35. The van der Waals surface area contributed by atoms with Crippen LogP contribution in [0, 0.1) is 11.6 Å². The standard InChI is InChI=1S/C14H6ClF2NO2S/c15-8-2-1-3-11-12(8)21-13(18-11)6-4-9(16)10(17)5-7(6)14(19)20/h1-5H,(H,19,20). The van der Waals surface area contributed by atoms with Crippen molar-refractivity contribution in [3.8, 4) is 10.6 Å². The summed E-state index contributed by atoms with van der Waals surface area (Å²) in [6, 6.07) is 6.58. The Kier molecular flexibility index (Phi) is 3.35. The highest BCUT2D eigenvalue weighted by molar-refractivity contribution is 7.22. The van der Waals surface area contributed by atoms with Gasteiger partial charge in [-0.3, -0.25) is 0 Å². The summed E-state index contributed by atoms with van der Waals surface area (Å²) >= 11 is 7.16. The molecule has 7 heteroatoms. The number of fused-ring (bicyclic) bond motifs is 1. The number of carboxylic acid groups (broad SMARTS) is 1. The predicted octanol–water partition coefficient (Wildman–Crippen LogP) is 4.59. The van der Waals surface area contributed by atoms with E-state index in [1.165, 1.54) is 0 Å². The Balaban J connectivity index is 2.29. The molecular weight excluding hydrogens is 320 g/mol. The average Bonchev–Trinajstić information content (AvgIpc) is 2.86. The molecule has 1 N–H and O–H groups in total. The van der Waals surface area contributed by atoms with Crippen molar-refractivity contribution in [1.82, 2.24) is 4.98 Å². The van der Waals surface area contributed by atoms with Gasteiger partial charge in [-0.15, -0.1) is 11.3 Å². The van der Waals surface area contributed by atoms with E-state index in [4.69, 9.17) is 16.7 Å². The van der Waals surface area contributed by atoms with Gasteiger partial charge in [-0.05, 0) is 24.3 Å². The number of aromatic nitrogens is 1. The van der Waals surface area contributed by atoms with Crippen LogP contribution in [0.25, 0.3) is 20.8 Å². The Hall–Kier alpha value is -2.05. The molecule has 0 atom stereocenters. The Morgan fingerprint density at radius 1 is 1.24 bits per heavy atom. The molecule has 0 saturated heterocycles. The highest BCUT2D eigenvalue weighted by Crippen LogP contribution is 2.36. The number of thiazole rings is 1. The Bertz CT molecular complexity index is 879. The predicted molar refractivity (Wildman–Crippen MR) is 76.9 cm³/mol. The van der Waals surface area contributed by atoms with E-state index in [2.05, 4.69) is 4.98 Å². The molecule has 0 aliphatic heterocycles. The van der Waals surface area contributed by atoms with Crippen LogP contribution in [0.5, 0.6) is 0 Å². The second-order valence-corrected chi connectivity index (χ2v) is 5.63. The summed E-state index contributed by atoms with van der Waals surface area (Å²) in [7, 11) is 0. The van der Waals surface area contributed by atoms with Crippen LogP contribution in [0.15, 0.2) is 30.3 Å². The average molecular weight is 326 g/mol. The molecule has 1 heterocycles. The minimum Gasteiger partial charge on any atom is -0.478 e. The van der Waals surface area contributed by atoms with Crippen LogP contribution in [0.3, 0.4) is 0 Å². The van der Waals surface area contributed by atoms with E-state index in [0.29, 0.717) is 21.3 Å². The highest BCUT2D eigenvalue weighted by Gasteiger charge is 2.19. The number of carbonyl (C=O) groups is 1. The van der Waals surface area contributed by atoms with Gasteiger partial charge in [-0.25, -0.2) is 18.6 Å². The lowest BCUT2D eigenvalue weighted by Gasteiger charge is -2.03. The molecule has 0 radical (unpaired) electrons. The van der Waals surface area contributed by atoms with E-state index in [0.717, 1.165) is 17.4 Å². The smallest absolute Gasteiger partial charge is 0.336 e. The molecule has 21 heavy (non-hydrogen) atoms. The van der Waals surface area contributed by atoms with Gasteiger partial charge in [0.05, 0.1) is 20.8 Å². The number of rotatable bonds is 2. The number of benzene rings is 2. The number of hydrogen-bond acceptors (Lipinski definition) is 3. The van der Waals surface area contributed by atoms with Crippen LogP contribution >= 0.6 is 22.9 Å². The second kappa shape index (κ2) is 5.05. The zero-order valence-electron chi connectivity index (χ0n) is 10.2. The first kappa shape index (κ1) is 13.9. The van der Waals surface area contributed by atoms with Gasteiger partial charge in [0.15, 0.2) is 11.6 Å². The summed E-state index contributed by atoms with van der Waals surface area (Å²) in [5, 5.41) is 9.87. The molecule has 0 saturated carbocycles. The van der Waals surface area contributed by atoms with E-state index in [9.17, 15) is 13.6 Å². The Morgan fingerprint density at radius 2 is 1.95 bits per heavy atom. The monoisotopic (exact) mass is 325 g/mol. The van der Waals surface area contributed by atoms with Gasteiger partial charge < -0.3 is 5.11 Å². The summed E-state index contributed by atoms with van der Waals surface area (Å²) in [4.78, 5) is 15.4. The lowest BCUT2D eigenvalue weighted by atomic mass is 10.1. The van der Waals surface area contributed by atoms with E-state index >= 15 is 0 Å². The fourth-order valence-corrected chi connectivity index (χ4v) is 3.22. The molecule has 3 aromatic rings. The molecule has 2 aromatic carbocycles. The van der Waals surface area contributed by atoms with E-state index in [-0.39, 0.29) is 16.1 Å². The Labute approximate surface area is 126 Å². The van der Waals surface area contributed by atoms with Gasteiger partial charge in [0.25, 0.3) is 0 Å². The van der Waals surface area contributed by atoms with Crippen LogP contribution in [0.2, 0.25) is 5.02 Å². The van der Waals surface area contributed by atoms with Crippen molar-refractivity contribution < 1.29 is 18.7 Å². The lowest BCUT2D eigenvalue weighted by molar-refractivity contribution is 0.0697. The maximum atomic E-state index is 13.4. The number of halogens is 3. The van der Waals surface area contributed by atoms with Crippen molar-refractivity contribution in [2.24, 2.45) is 0 Å². The lowest BCUT2D eigenvalue weighted by Crippen LogP contribution is -2.02. The molecule has 0 aliphatic rings. The zero-order valence-corrected chi connectivity index (χ0v) is 11.8. The SMILES string of the molecule is O=C(O)c1cc(F)c(F)cc1-c1nc2cccc(Cl)c2s1. The largest absolute Gasteiger partial charge is 0.478 e. The molecule has 0 amide bonds. The molecule has 0 unspecified atom stereocenters. The number of aromatic carboxylic acids is 1. The van der Waals surface area contributed by atoms with Crippen molar-refractivity contribution >= 4 is 39.1 Å². The van der Waals surface area contributed by atoms with Crippen molar-refractivity contribution in [1.29, 1.82) is 0 Å². The molecule has 106 valence electrons. The molecule has 3 rings (SSSR count). The summed E-state index contributed by atoms with van der Waals surface area (Å²) in [5.41, 5.74) is 0.256. The van der Waals surface area contributed by atoms with Crippen LogP contribution < -0.4 is 0 Å². The summed E-state index contributed by atoms with van der Waals surface area (Å²) in [6.07, 6.45) is 0. The number of carboxylic acids is 1. The fraction of sp³-hybridized carbons (Fsp3) is 0. The van der Waals surface area contributed by atoms with Gasteiger partial charge in [-0.2, -0.15) is 0 Å². The van der Waals surface area contributed by atoms with Crippen LogP contribution in [-0.4, -0.2) is 16.1 Å². The number of hydrogen-bond donors (Lipinski definition) is 1. The van der Waals surface area contributed by atoms with Gasteiger partial charge in [-0.1, -0.05) is 17.7 Å². The maximum absolute atomic E-state index is 13.4. The summed E-state index contributed by atoms with van der Waals surface area (Å²) in [6.45, 7) is 0. The van der Waals surface area contributed by atoms with Crippen molar-refractivity contribution in [3.05, 3.63) is 52.6 Å². The summed E-state index contributed by atoms with van der Waals surface area (Å²) in [5.74, 6) is -3.69. The fourth-order valence-electron chi connectivity index (χ4n) is 1.93. The maximum Gasteiger partial charge on any atom is 0.336 e. The third-order valence-electron chi connectivity index (χ3n) is 2.89. The van der Waals surface area contributed by atoms with Gasteiger partial charge in [0.1, 0.15) is 5.01 Å². The molecule has 3 nitrogen and oxygen atoms in total. The van der Waals surface area contributed by atoms with Gasteiger partial charge >= 0.3 is 5.97 Å². The third kappa shape index (κ3) is 2.36. The van der Waals surface area contributed by atoms with E-state index in [1.807, 2.05) is 0 Å². The first-order valence-corrected chi connectivity index (χ1v) is 6.94. The second-order valence-electron chi connectivity index (χ2n) is 4.22. The van der Waals surface area contributed by atoms with Crippen molar-refractivity contribution in [3.63, 3.8) is 0 Å². The molecular formula is C14H6ClF2NO2S. The molecule has 0 spiro atoms. The first-order chi connectivity index (χ1) is 9.97. The minimum absolute atomic E-state index is 0.0265. The topological polar surface area (TPSA) is 50.2 Å². The highest BCUT2D eigenvalue weighted by atomic mass is 35.5. The van der Waals surface area contributed by atoms with Gasteiger partial charge in [0, 0.05) is 5.56 Å². The summed E-state index contributed by atoms with van der Waals surface area (Å²) < 4.78 is 27.3. The van der Waals surface area contributed by atoms with Crippen molar-refractivity contribution in [2.45, 2.75) is 0 Å². The van der Waals surface area contributed by atoms with E-state index in [1.54, 1.807) is 18.2 Å². The van der Waals surface area contributed by atoms with Crippen LogP contribution in [0.1, 0.15) is 10.4 Å². The quantitative estimate of drug-likeness (QED) is 0.749. The molecule has 0 fully saturated rings. The first-order valence-electron chi connectivity index (χ1n) is 5.75. The van der Waals surface area contributed by atoms with Crippen molar-refractivity contribution in [2.75, 3.05) is 0 Å². The molecule has 0 bridgehead atoms. The Morgan fingerprint density at radius 3 is 2.62 bits per heavy atom. The molecule has 1 aromatic heterocycles. The zero-order chi connectivity index (χ0) is 15.1. The van der Waals surface area contributed by atoms with Crippen LogP contribution in [-0.2, 0) is 0 Å². The normalized spacial score (nSPS) is 11.0. The third-order valence-corrected chi connectivity index (χ3v) is 4.45. The van der Waals surface area contributed by atoms with Crippen LogP contribution in [0.4, 0.5) is 8.78 Å². The van der Waals surface area contributed by atoms with Gasteiger partial charge in [0.2, 0.25) is 0 Å².